The molecule has 3 nitrogen and oxygen atoms in total. The molecule has 0 atom stereocenters. The molecule has 1 aliphatic carbocycles. The van der Waals surface area contributed by atoms with Crippen LogP contribution in [0.1, 0.15) is 45.4 Å². The molecule has 0 bridgehead atoms. The van der Waals surface area contributed by atoms with Crippen LogP contribution < -0.4 is 5.73 Å². The third-order valence-electron chi connectivity index (χ3n) is 3.11. The van der Waals surface area contributed by atoms with E-state index < -0.39 is 5.41 Å². The van der Waals surface area contributed by atoms with Gasteiger partial charge in [0, 0.05) is 6.54 Å². The monoisotopic (exact) mass is 198 g/mol. The minimum absolute atomic E-state index is 0.142. The first kappa shape index (κ1) is 11.5. The molecule has 0 heterocycles. The topological polar surface area (TPSA) is 50.1 Å². The lowest BCUT2D eigenvalue weighted by Gasteiger charge is -2.27. The van der Waals surface area contributed by atoms with Crippen molar-refractivity contribution in [2.24, 2.45) is 5.41 Å². The third kappa shape index (κ3) is 2.47. The molecular weight excluding hydrogens is 178 g/mol. The van der Waals surface area contributed by atoms with Gasteiger partial charge in [0.25, 0.3) is 0 Å². The molecule has 1 aliphatic rings. The fraction of sp³-hybridized carbons (Fsp3) is 0.909. The first-order valence-corrected chi connectivity index (χ1v) is 5.57. The highest BCUT2D eigenvalue weighted by Gasteiger charge is 2.38. The summed E-state index contributed by atoms with van der Waals surface area (Å²) in [5.41, 5.74) is 7.07. The Morgan fingerprint density at radius 3 is 2.29 bits per heavy atom. The van der Waals surface area contributed by atoms with Crippen LogP contribution in [0.5, 0.6) is 0 Å². The molecule has 1 radical (unpaired) electrons. The number of rotatable bonds is 3. The van der Waals surface area contributed by atoms with Crippen LogP contribution in [0.2, 0.25) is 0 Å². The molecule has 1 N–H and O–H groups in total. The van der Waals surface area contributed by atoms with Crippen LogP contribution in [-0.2, 0) is 9.53 Å². The summed E-state index contributed by atoms with van der Waals surface area (Å²) in [7, 11) is 0. The largest absolute Gasteiger partial charge is 0.466 e. The van der Waals surface area contributed by atoms with Gasteiger partial charge in [-0.1, -0.05) is 25.7 Å². The highest BCUT2D eigenvalue weighted by Crippen LogP contribution is 2.35. The average molecular weight is 198 g/mol. The van der Waals surface area contributed by atoms with E-state index in [0.29, 0.717) is 6.61 Å². The minimum Gasteiger partial charge on any atom is -0.466 e. The molecule has 0 amide bonds. The number of carbonyl (C=O) groups is 1. The van der Waals surface area contributed by atoms with E-state index in [-0.39, 0.29) is 12.5 Å². The first-order chi connectivity index (χ1) is 6.75. The van der Waals surface area contributed by atoms with E-state index in [4.69, 9.17) is 10.5 Å². The molecule has 0 aliphatic heterocycles. The molecule has 14 heavy (non-hydrogen) atoms. The normalized spacial score (nSPS) is 21.3. The highest BCUT2D eigenvalue weighted by atomic mass is 16.5. The van der Waals surface area contributed by atoms with Crippen LogP contribution in [-0.4, -0.2) is 19.1 Å². The molecule has 3 heteroatoms. The van der Waals surface area contributed by atoms with Crippen molar-refractivity contribution in [1.82, 2.24) is 5.73 Å². The van der Waals surface area contributed by atoms with Crippen molar-refractivity contribution in [3.8, 4) is 0 Å². The van der Waals surface area contributed by atoms with Crippen LogP contribution in [0.15, 0.2) is 0 Å². The molecule has 81 valence electrons. The Morgan fingerprint density at radius 1 is 1.29 bits per heavy atom. The molecule has 1 fully saturated rings. The smallest absolute Gasteiger partial charge is 0.313 e. The van der Waals surface area contributed by atoms with E-state index in [1.165, 1.54) is 12.8 Å². The van der Waals surface area contributed by atoms with Gasteiger partial charge < -0.3 is 4.74 Å². The Morgan fingerprint density at radius 2 is 1.86 bits per heavy atom. The van der Waals surface area contributed by atoms with E-state index in [1.807, 2.05) is 6.92 Å². The summed E-state index contributed by atoms with van der Waals surface area (Å²) in [6.07, 6.45) is 6.21. The average Bonchev–Trinajstić information content (AvgIpc) is 2.44. The number of hydrogen-bond acceptors (Lipinski definition) is 2. The maximum Gasteiger partial charge on any atom is 0.313 e. The molecule has 0 spiro atoms. The predicted molar refractivity (Wildman–Crippen MR) is 54.7 cm³/mol. The second-order valence-corrected chi connectivity index (χ2v) is 4.09. The molecular formula is C11H20NO2. The van der Waals surface area contributed by atoms with Gasteiger partial charge in [0.2, 0.25) is 0 Å². The van der Waals surface area contributed by atoms with Crippen molar-refractivity contribution in [3.63, 3.8) is 0 Å². The molecule has 0 unspecified atom stereocenters. The van der Waals surface area contributed by atoms with Gasteiger partial charge in [-0.15, -0.1) is 0 Å². The number of carbonyl (C=O) groups excluding carboxylic acids is 1. The summed E-state index contributed by atoms with van der Waals surface area (Å²) in [5.74, 6) is -0.142. The van der Waals surface area contributed by atoms with Gasteiger partial charge in [-0.05, 0) is 19.8 Å². The number of nitrogens with one attached hydrogen (secondary N) is 1. The van der Waals surface area contributed by atoms with Crippen molar-refractivity contribution < 1.29 is 9.53 Å². The zero-order valence-electron chi connectivity index (χ0n) is 8.97. The molecule has 0 saturated heterocycles. The Bertz CT molecular complexity index is 184. The summed E-state index contributed by atoms with van der Waals surface area (Å²) in [4.78, 5) is 11.8. The van der Waals surface area contributed by atoms with Gasteiger partial charge >= 0.3 is 5.97 Å². The highest BCUT2D eigenvalue weighted by molar-refractivity contribution is 5.77. The van der Waals surface area contributed by atoms with Gasteiger partial charge in [-0.25, -0.2) is 0 Å². The molecule has 1 rings (SSSR count). The Kier molecular flexibility index (Phi) is 4.39. The molecule has 0 aromatic rings. The van der Waals surface area contributed by atoms with Gasteiger partial charge in [-0.3, -0.25) is 10.5 Å². The first-order valence-electron chi connectivity index (χ1n) is 5.57. The van der Waals surface area contributed by atoms with E-state index in [2.05, 4.69) is 0 Å². The van der Waals surface area contributed by atoms with Crippen molar-refractivity contribution in [2.45, 2.75) is 45.4 Å². The van der Waals surface area contributed by atoms with Gasteiger partial charge in [0.1, 0.15) is 0 Å². The number of esters is 1. The van der Waals surface area contributed by atoms with Crippen LogP contribution in [0, 0.1) is 5.41 Å². The predicted octanol–water partition coefficient (Wildman–Crippen LogP) is 2.17. The summed E-state index contributed by atoms with van der Waals surface area (Å²) in [6, 6.07) is 0. The summed E-state index contributed by atoms with van der Waals surface area (Å²) in [5, 5.41) is 0. The van der Waals surface area contributed by atoms with Crippen molar-refractivity contribution in [1.29, 1.82) is 0 Å². The Labute approximate surface area is 86.0 Å². The van der Waals surface area contributed by atoms with E-state index >= 15 is 0 Å². The minimum atomic E-state index is -0.480. The van der Waals surface area contributed by atoms with Crippen molar-refractivity contribution >= 4 is 5.97 Å². The van der Waals surface area contributed by atoms with Crippen molar-refractivity contribution in [3.05, 3.63) is 0 Å². The summed E-state index contributed by atoms with van der Waals surface area (Å²) < 4.78 is 5.07. The van der Waals surface area contributed by atoms with E-state index in [1.54, 1.807) is 0 Å². The second-order valence-electron chi connectivity index (χ2n) is 4.09. The Balaban J connectivity index is 2.66. The third-order valence-corrected chi connectivity index (χ3v) is 3.11. The van der Waals surface area contributed by atoms with Crippen LogP contribution >= 0.6 is 0 Å². The standard InChI is InChI=1S/C11H20NO2/c1-2-14-10(13)11(9-12)7-5-3-4-6-8-11/h12H,2-9H2,1H3. The zero-order valence-corrected chi connectivity index (χ0v) is 8.97. The fourth-order valence-electron chi connectivity index (χ4n) is 2.14. The van der Waals surface area contributed by atoms with E-state index in [0.717, 1.165) is 25.7 Å². The van der Waals surface area contributed by atoms with Gasteiger partial charge in [0.05, 0.1) is 12.0 Å². The zero-order chi connectivity index (χ0) is 10.4. The summed E-state index contributed by atoms with van der Waals surface area (Å²) in [6.45, 7) is 2.44. The van der Waals surface area contributed by atoms with Crippen LogP contribution in [0.3, 0.4) is 0 Å². The SMILES string of the molecule is CCOC(=O)C1(C[NH])CCCCCC1. The lowest BCUT2D eigenvalue weighted by Crippen LogP contribution is -2.36. The van der Waals surface area contributed by atoms with Crippen molar-refractivity contribution in [2.75, 3.05) is 13.2 Å². The molecule has 0 aromatic heterocycles. The lowest BCUT2D eigenvalue weighted by molar-refractivity contribution is -0.155. The van der Waals surface area contributed by atoms with Gasteiger partial charge in [0.15, 0.2) is 0 Å². The maximum atomic E-state index is 11.8. The number of ether oxygens (including phenoxy) is 1. The van der Waals surface area contributed by atoms with Crippen LogP contribution in [0.25, 0.3) is 0 Å². The van der Waals surface area contributed by atoms with Gasteiger partial charge in [-0.2, -0.15) is 0 Å². The second kappa shape index (κ2) is 5.35. The molecule has 0 aromatic carbocycles. The summed E-state index contributed by atoms with van der Waals surface area (Å²) >= 11 is 0. The maximum absolute atomic E-state index is 11.8. The van der Waals surface area contributed by atoms with E-state index in [9.17, 15) is 4.79 Å². The lowest BCUT2D eigenvalue weighted by atomic mass is 9.80. The van der Waals surface area contributed by atoms with Crippen LogP contribution in [0.4, 0.5) is 0 Å². The Hall–Kier alpha value is -0.570. The number of hydrogen-bond donors (Lipinski definition) is 0. The molecule has 1 saturated carbocycles. The quantitative estimate of drug-likeness (QED) is 0.515. The fourth-order valence-corrected chi connectivity index (χ4v) is 2.14.